The standard InChI is InChI=1S/C14H19ClN2O/c1-14(2)10-17(7-6-16(14)3)12-5-4-11(9-18)13(15)8-12/h4-5,8-9H,6-7,10H2,1-3H3. The summed E-state index contributed by atoms with van der Waals surface area (Å²) in [5, 5.41) is 0.527. The Morgan fingerprint density at radius 2 is 2.06 bits per heavy atom. The number of benzene rings is 1. The largest absolute Gasteiger partial charge is 0.368 e. The van der Waals surface area contributed by atoms with E-state index in [9.17, 15) is 4.79 Å². The molecule has 1 heterocycles. The summed E-state index contributed by atoms with van der Waals surface area (Å²) in [6.07, 6.45) is 0.792. The molecule has 0 bridgehead atoms. The minimum absolute atomic E-state index is 0.147. The molecule has 0 spiro atoms. The first-order valence-electron chi connectivity index (χ1n) is 6.15. The lowest BCUT2D eigenvalue weighted by molar-refractivity contribution is 0.112. The Balaban J connectivity index is 2.22. The van der Waals surface area contributed by atoms with Crippen molar-refractivity contribution in [3.63, 3.8) is 0 Å². The Hall–Kier alpha value is -1.06. The normalized spacial score (nSPS) is 19.9. The molecule has 1 fully saturated rings. The molecule has 1 saturated heterocycles. The van der Waals surface area contributed by atoms with Crippen LogP contribution in [0.3, 0.4) is 0 Å². The molecule has 2 rings (SSSR count). The number of likely N-dealkylation sites (N-methyl/N-ethyl adjacent to an activating group) is 1. The van der Waals surface area contributed by atoms with Gasteiger partial charge in [-0.15, -0.1) is 0 Å². The molecule has 3 nitrogen and oxygen atoms in total. The van der Waals surface area contributed by atoms with Crippen LogP contribution in [0.4, 0.5) is 5.69 Å². The molecule has 0 aromatic heterocycles. The molecule has 0 aliphatic carbocycles. The zero-order valence-electron chi connectivity index (χ0n) is 11.1. The van der Waals surface area contributed by atoms with Crippen molar-refractivity contribution in [2.45, 2.75) is 19.4 Å². The first-order chi connectivity index (χ1) is 8.44. The predicted molar refractivity (Wildman–Crippen MR) is 75.8 cm³/mol. The first kappa shape index (κ1) is 13.4. The number of halogens is 1. The molecule has 98 valence electrons. The molecule has 18 heavy (non-hydrogen) atoms. The average molecular weight is 267 g/mol. The minimum Gasteiger partial charge on any atom is -0.368 e. The van der Waals surface area contributed by atoms with Crippen LogP contribution in [0.1, 0.15) is 24.2 Å². The van der Waals surface area contributed by atoms with E-state index in [-0.39, 0.29) is 5.54 Å². The second kappa shape index (κ2) is 4.90. The van der Waals surface area contributed by atoms with Crippen molar-refractivity contribution in [3.05, 3.63) is 28.8 Å². The third-order valence-electron chi connectivity index (χ3n) is 3.79. The Labute approximate surface area is 113 Å². The van der Waals surface area contributed by atoms with Crippen LogP contribution in [-0.2, 0) is 0 Å². The van der Waals surface area contributed by atoms with Crippen molar-refractivity contribution in [1.29, 1.82) is 0 Å². The third kappa shape index (κ3) is 2.52. The van der Waals surface area contributed by atoms with Gasteiger partial charge in [0, 0.05) is 36.4 Å². The second-order valence-corrected chi connectivity index (χ2v) is 5.89. The van der Waals surface area contributed by atoms with E-state index in [1.165, 1.54) is 0 Å². The van der Waals surface area contributed by atoms with Gasteiger partial charge in [-0.25, -0.2) is 0 Å². The number of piperazine rings is 1. The fraction of sp³-hybridized carbons (Fsp3) is 0.500. The molecule has 0 atom stereocenters. The van der Waals surface area contributed by atoms with E-state index in [1.807, 2.05) is 12.1 Å². The van der Waals surface area contributed by atoms with E-state index < -0.39 is 0 Å². The molecule has 1 aliphatic rings. The summed E-state index contributed by atoms with van der Waals surface area (Å²) in [7, 11) is 2.15. The molecular weight excluding hydrogens is 248 g/mol. The Kier molecular flexibility index (Phi) is 3.64. The fourth-order valence-corrected chi connectivity index (χ4v) is 2.49. The van der Waals surface area contributed by atoms with Crippen molar-refractivity contribution in [2.75, 3.05) is 31.6 Å². The van der Waals surface area contributed by atoms with Gasteiger partial charge in [-0.3, -0.25) is 9.69 Å². The van der Waals surface area contributed by atoms with Crippen LogP contribution < -0.4 is 4.90 Å². The lowest BCUT2D eigenvalue weighted by atomic mass is 9.99. The van der Waals surface area contributed by atoms with E-state index in [4.69, 9.17) is 11.6 Å². The first-order valence-corrected chi connectivity index (χ1v) is 6.53. The van der Waals surface area contributed by atoms with Gasteiger partial charge in [0.1, 0.15) is 0 Å². The monoisotopic (exact) mass is 266 g/mol. The number of rotatable bonds is 2. The number of hydrogen-bond donors (Lipinski definition) is 0. The highest BCUT2D eigenvalue weighted by atomic mass is 35.5. The number of nitrogens with zero attached hydrogens (tertiary/aromatic N) is 2. The van der Waals surface area contributed by atoms with E-state index in [0.29, 0.717) is 10.6 Å². The van der Waals surface area contributed by atoms with Gasteiger partial charge in [-0.1, -0.05) is 11.6 Å². The van der Waals surface area contributed by atoms with Crippen LogP contribution in [0, 0.1) is 0 Å². The van der Waals surface area contributed by atoms with Crippen LogP contribution in [0.2, 0.25) is 5.02 Å². The van der Waals surface area contributed by atoms with E-state index >= 15 is 0 Å². The van der Waals surface area contributed by atoms with Crippen molar-refractivity contribution < 1.29 is 4.79 Å². The molecule has 0 unspecified atom stereocenters. The lowest BCUT2D eigenvalue weighted by Crippen LogP contribution is -2.57. The molecule has 1 aromatic rings. The Bertz CT molecular complexity index is 459. The number of carbonyl (C=O) groups is 1. The molecule has 0 N–H and O–H groups in total. The lowest BCUT2D eigenvalue weighted by Gasteiger charge is -2.46. The maximum absolute atomic E-state index is 10.8. The van der Waals surface area contributed by atoms with Gasteiger partial charge in [-0.2, -0.15) is 0 Å². The summed E-state index contributed by atoms with van der Waals surface area (Å²) >= 11 is 6.08. The summed E-state index contributed by atoms with van der Waals surface area (Å²) < 4.78 is 0. The van der Waals surface area contributed by atoms with Gasteiger partial charge in [0.25, 0.3) is 0 Å². The van der Waals surface area contributed by atoms with Crippen LogP contribution in [-0.4, -0.2) is 43.4 Å². The van der Waals surface area contributed by atoms with E-state index in [1.54, 1.807) is 6.07 Å². The van der Waals surface area contributed by atoms with Gasteiger partial charge < -0.3 is 4.90 Å². The highest BCUT2D eigenvalue weighted by Gasteiger charge is 2.31. The fourth-order valence-electron chi connectivity index (χ4n) is 2.27. The summed E-state index contributed by atoms with van der Waals surface area (Å²) in [4.78, 5) is 15.4. The van der Waals surface area contributed by atoms with Crippen molar-refractivity contribution >= 4 is 23.6 Å². The van der Waals surface area contributed by atoms with Crippen molar-refractivity contribution in [3.8, 4) is 0 Å². The summed E-state index contributed by atoms with van der Waals surface area (Å²) in [6, 6.07) is 5.64. The number of carbonyl (C=O) groups excluding carboxylic acids is 1. The summed E-state index contributed by atoms with van der Waals surface area (Å²) in [5.74, 6) is 0. The molecule has 4 heteroatoms. The Morgan fingerprint density at radius 3 is 2.61 bits per heavy atom. The van der Waals surface area contributed by atoms with Crippen LogP contribution >= 0.6 is 11.6 Å². The third-order valence-corrected chi connectivity index (χ3v) is 4.12. The number of aldehydes is 1. The number of hydrogen-bond acceptors (Lipinski definition) is 3. The predicted octanol–water partition coefficient (Wildman–Crippen LogP) is 2.68. The van der Waals surface area contributed by atoms with Gasteiger partial charge in [-0.05, 0) is 39.1 Å². The topological polar surface area (TPSA) is 23.6 Å². The van der Waals surface area contributed by atoms with Gasteiger partial charge in [0.15, 0.2) is 6.29 Å². The minimum atomic E-state index is 0.147. The maximum atomic E-state index is 10.8. The van der Waals surface area contributed by atoms with Gasteiger partial charge in [0.2, 0.25) is 0 Å². The summed E-state index contributed by atoms with van der Waals surface area (Å²) in [5.41, 5.74) is 1.79. The number of anilines is 1. The highest BCUT2D eigenvalue weighted by Crippen LogP contribution is 2.27. The van der Waals surface area contributed by atoms with Crippen LogP contribution in [0.25, 0.3) is 0 Å². The van der Waals surface area contributed by atoms with Crippen LogP contribution in [0.5, 0.6) is 0 Å². The average Bonchev–Trinajstić information content (AvgIpc) is 2.32. The molecule has 1 aromatic carbocycles. The zero-order chi connectivity index (χ0) is 13.3. The van der Waals surface area contributed by atoms with Crippen molar-refractivity contribution in [1.82, 2.24) is 4.90 Å². The Morgan fingerprint density at radius 1 is 1.33 bits per heavy atom. The van der Waals surface area contributed by atoms with E-state index in [0.717, 1.165) is 31.6 Å². The summed E-state index contributed by atoms with van der Waals surface area (Å²) in [6.45, 7) is 7.44. The molecular formula is C14H19ClN2O. The zero-order valence-corrected chi connectivity index (χ0v) is 11.9. The van der Waals surface area contributed by atoms with Crippen molar-refractivity contribution in [2.24, 2.45) is 0 Å². The smallest absolute Gasteiger partial charge is 0.151 e. The molecule has 0 saturated carbocycles. The molecule has 0 amide bonds. The maximum Gasteiger partial charge on any atom is 0.151 e. The van der Waals surface area contributed by atoms with Gasteiger partial charge in [0.05, 0.1) is 5.02 Å². The highest BCUT2D eigenvalue weighted by molar-refractivity contribution is 6.33. The van der Waals surface area contributed by atoms with Gasteiger partial charge >= 0.3 is 0 Å². The molecule has 0 radical (unpaired) electrons. The quantitative estimate of drug-likeness (QED) is 0.769. The SMILES string of the molecule is CN1CCN(c2ccc(C=O)c(Cl)c2)CC1(C)C. The molecule has 1 aliphatic heterocycles. The van der Waals surface area contributed by atoms with Crippen LogP contribution in [0.15, 0.2) is 18.2 Å². The second-order valence-electron chi connectivity index (χ2n) is 5.48. The van der Waals surface area contributed by atoms with E-state index in [2.05, 4.69) is 30.7 Å².